The first-order chi connectivity index (χ1) is 47.7. The van der Waals surface area contributed by atoms with Crippen LogP contribution in [-0.2, 0) is 47.3 Å². The summed E-state index contributed by atoms with van der Waals surface area (Å²) in [6, 6.07) is 17.7. The van der Waals surface area contributed by atoms with E-state index in [4.69, 9.17) is 18.9 Å². The SMILES string of the molecule is CC(C)(C)c1cc2c(OCCCNC(=O)NCC3C=CC=C3)c(c1)Cc1cc(C(C)(C)C)cc(c1OCCCNC(=O)NCC1C=CC=C1)Cc1cc(C(C)(C)C)cc(c1OCCCNC(=O)NCC1C=CC=C1)Cc1cc(C(C)(C)C)cc(c1OCCCNC(=O)NCC1C=CC=C1)C2. The van der Waals surface area contributed by atoms with Crippen molar-refractivity contribution in [3.63, 3.8) is 0 Å². The molecule has 0 aromatic heterocycles. The molecule has 4 aromatic rings. The maximum absolute atomic E-state index is 13.2. The lowest BCUT2D eigenvalue weighted by atomic mass is 9.79. The van der Waals surface area contributed by atoms with Gasteiger partial charge >= 0.3 is 24.1 Å². The van der Waals surface area contributed by atoms with E-state index in [1.807, 2.05) is 48.6 Å². The van der Waals surface area contributed by atoms with Gasteiger partial charge in [-0.2, -0.15) is 0 Å². The Morgan fingerprint density at radius 2 is 0.460 bits per heavy atom. The molecule has 5 aliphatic carbocycles. The van der Waals surface area contributed by atoms with Crippen molar-refractivity contribution >= 4 is 24.1 Å². The number of amides is 8. The maximum Gasteiger partial charge on any atom is 0.314 e. The molecule has 0 radical (unpaired) electrons. The van der Waals surface area contributed by atoms with Crippen LogP contribution in [0.15, 0.2) is 146 Å². The number of rotatable bonds is 28. The fourth-order valence-corrected chi connectivity index (χ4v) is 12.7. The molecule has 16 nitrogen and oxygen atoms in total. The number of benzene rings is 4. The summed E-state index contributed by atoms with van der Waals surface area (Å²) in [6.07, 6.45) is 36.6. The summed E-state index contributed by atoms with van der Waals surface area (Å²) in [4.78, 5) is 52.6. The number of hydrogen-bond acceptors (Lipinski definition) is 8. The molecular formula is C84H112N8O8. The number of carbonyl (C=O) groups excluding carboxylic acids is 4. The molecule has 100 heavy (non-hydrogen) atoms. The second-order valence-electron chi connectivity index (χ2n) is 31.3. The summed E-state index contributed by atoms with van der Waals surface area (Å²) in [5.74, 6) is 3.77. The first-order valence-corrected chi connectivity index (χ1v) is 36.4. The van der Waals surface area contributed by atoms with Crippen molar-refractivity contribution in [2.45, 2.75) is 156 Å². The van der Waals surface area contributed by atoms with Gasteiger partial charge in [0.2, 0.25) is 0 Å². The van der Waals surface area contributed by atoms with E-state index in [9.17, 15) is 19.2 Å². The second-order valence-corrected chi connectivity index (χ2v) is 31.3. The Labute approximate surface area is 595 Å². The van der Waals surface area contributed by atoms with Crippen LogP contribution in [0.1, 0.15) is 176 Å². The van der Waals surface area contributed by atoms with E-state index >= 15 is 0 Å². The number of nitrogens with one attached hydrogen (secondary N) is 8. The lowest BCUT2D eigenvalue weighted by Gasteiger charge is -2.29. The molecule has 4 aromatic carbocycles. The Morgan fingerprint density at radius 1 is 0.290 bits per heavy atom. The van der Waals surface area contributed by atoms with Crippen molar-refractivity contribution in [1.82, 2.24) is 42.5 Å². The molecule has 8 N–H and O–H groups in total. The molecule has 0 saturated carbocycles. The Morgan fingerprint density at radius 3 is 0.620 bits per heavy atom. The summed E-state index contributed by atoms with van der Waals surface area (Å²) in [7, 11) is 0. The fraction of sp³-hybridized carbons (Fsp3) is 0.476. The van der Waals surface area contributed by atoms with Gasteiger partial charge in [0.05, 0.1) is 26.4 Å². The van der Waals surface area contributed by atoms with Crippen molar-refractivity contribution in [3.05, 3.63) is 213 Å². The molecule has 0 fully saturated rings. The van der Waals surface area contributed by atoms with Crippen LogP contribution in [0.4, 0.5) is 19.2 Å². The zero-order valence-corrected chi connectivity index (χ0v) is 61.6. The average Bonchev–Trinajstić information content (AvgIpc) is 1.59. The topological polar surface area (TPSA) is 201 Å². The summed E-state index contributed by atoms with van der Waals surface area (Å²) >= 11 is 0. The fourth-order valence-electron chi connectivity index (χ4n) is 12.7. The zero-order chi connectivity index (χ0) is 71.5. The molecule has 0 saturated heterocycles. The van der Waals surface area contributed by atoms with Crippen LogP contribution in [0, 0.1) is 23.7 Å². The molecular weight excluding hydrogens is 1250 g/mol. The number of fused-ring (bicyclic) bond motifs is 8. The highest BCUT2D eigenvalue weighted by atomic mass is 16.5. The van der Waals surface area contributed by atoms with Gasteiger partial charge in [0, 0.05) is 102 Å². The minimum atomic E-state index is -0.287. The minimum absolute atomic E-state index is 0.170. The molecule has 0 aliphatic heterocycles. The van der Waals surface area contributed by atoms with Crippen molar-refractivity contribution in [3.8, 4) is 23.0 Å². The van der Waals surface area contributed by atoms with Crippen molar-refractivity contribution in [2.24, 2.45) is 23.7 Å². The highest BCUT2D eigenvalue weighted by molar-refractivity contribution is 5.75. The molecule has 5 aliphatic rings. The second kappa shape index (κ2) is 34.9. The summed E-state index contributed by atoms with van der Waals surface area (Å²) in [6.45, 7) is 32.1. The third-order valence-corrected chi connectivity index (χ3v) is 18.7. The molecule has 9 rings (SSSR count). The van der Waals surface area contributed by atoms with Crippen LogP contribution < -0.4 is 61.5 Å². The van der Waals surface area contributed by atoms with Crippen LogP contribution in [-0.4, -0.2) is 103 Å². The molecule has 0 heterocycles. The van der Waals surface area contributed by atoms with Gasteiger partial charge in [-0.25, -0.2) is 19.2 Å². The van der Waals surface area contributed by atoms with Gasteiger partial charge in [-0.1, -0.05) is 229 Å². The Bertz CT molecular complexity index is 3140. The van der Waals surface area contributed by atoms with Crippen molar-refractivity contribution in [1.29, 1.82) is 0 Å². The van der Waals surface area contributed by atoms with Crippen molar-refractivity contribution < 1.29 is 38.1 Å². The summed E-state index contributed by atoms with van der Waals surface area (Å²) in [5, 5.41) is 24.4. The first-order valence-electron chi connectivity index (χ1n) is 36.4. The smallest absolute Gasteiger partial charge is 0.314 e. The quantitative estimate of drug-likeness (QED) is 0.0226. The predicted molar refractivity (Wildman–Crippen MR) is 405 cm³/mol. The summed E-state index contributed by atoms with van der Waals surface area (Å²) < 4.78 is 29.1. The van der Waals surface area contributed by atoms with E-state index in [2.05, 4.69) is 223 Å². The summed E-state index contributed by atoms with van der Waals surface area (Å²) in [5.41, 5.74) is 11.4. The van der Waals surface area contributed by atoms with E-state index in [1.165, 1.54) is 0 Å². The van der Waals surface area contributed by atoms with Gasteiger partial charge in [-0.15, -0.1) is 0 Å². The van der Waals surface area contributed by atoms with Gasteiger partial charge in [0.25, 0.3) is 0 Å². The van der Waals surface area contributed by atoms with Crippen LogP contribution in [0.5, 0.6) is 23.0 Å². The molecule has 16 heteroatoms. The van der Waals surface area contributed by atoms with E-state index < -0.39 is 0 Å². The molecule has 8 amide bonds. The Kier molecular flexibility index (Phi) is 26.3. The van der Waals surface area contributed by atoms with Gasteiger partial charge in [-0.3, -0.25) is 0 Å². The Balaban J connectivity index is 1.17. The van der Waals surface area contributed by atoms with Gasteiger partial charge in [0.1, 0.15) is 23.0 Å². The van der Waals surface area contributed by atoms with Gasteiger partial charge < -0.3 is 61.5 Å². The minimum Gasteiger partial charge on any atom is -0.493 e. The van der Waals surface area contributed by atoms with Gasteiger partial charge in [0.15, 0.2) is 0 Å². The maximum atomic E-state index is 13.2. The first kappa shape index (κ1) is 75.3. The van der Waals surface area contributed by atoms with Gasteiger partial charge in [-0.05, 0) is 114 Å². The molecule has 0 atom stereocenters. The zero-order valence-electron chi connectivity index (χ0n) is 61.6. The predicted octanol–water partition coefficient (Wildman–Crippen LogP) is 14.8. The number of ether oxygens (including phenoxy) is 4. The molecule has 8 bridgehead atoms. The molecule has 0 spiro atoms. The van der Waals surface area contributed by atoms with Crippen LogP contribution in [0.2, 0.25) is 0 Å². The van der Waals surface area contributed by atoms with Crippen molar-refractivity contribution in [2.75, 3.05) is 78.8 Å². The lowest BCUT2D eigenvalue weighted by molar-refractivity contribution is 0.237. The average molecular weight is 1360 g/mol. The molecule has 0 unspecified atom stereocenters. The van der Waals surface area contributed by atoms with Crippen LogP contribution in [0.25, 0.3) is 0 Å². The highest BCUT2D eigenvalue weighted by Gasteiger charge is 2.30. The monoisotopic (exact) mass is 1360 g/mol. The number of carbonyl (C=O) groups is 4. The lowest BCUT2D eigenvalue weighted by Crippen LogP contribution is -2.38. The van der Waals surface area contributed by atoms with E-state index in [1.54, 1.807) is 0 Å². The normalized spacial score (nSPS) is 15.2. The standard InChI is InChI=1S/C84H112N8O8/c1-81(2,3)69-45-61-41-63-47-70(82(4,5)6)49-65(74(63)98-38-22-34-86-78(94)90-54-58-27-15-16-28-58)43-67-51-72(84(10,11)12)52-68(76(67)100-40-24-36-88-80(96)92-56-60-31-19-20-32-60)44-66-50-71(83(7,8)9)48-64(75(66)99-39-23-35-87-79(95)91-55-59-29-17-18-30-59)42-62(46-69)73(61)97-37-21-33-85-77(93)89-53-57-25-13-14-26-57/h13-20,25-32,45-52,57-60H,21-24,33-44,53-56H2,1-12H3,(H2,85,89,93)(H2,86,90,94)(H2,87,91,95)(H2,88,92,96). The number of hydrogen-bond donors (Lipinski definition) is 8. The third-order valence-electron chi connectivity index (χ3n) is 18.7. The van der Waals surface area contributed by atoms with E-state index in [0.717, 1.165) is 89.8 Å². The number of urea groups is 4. The molecule has 536 valence electrons. The highest BCUT2D eigenvalue weighted by Crippen LogP contribution is 2.45. The number of allylic oxidation sites excluding steroid dienone is 8. The Hall–Kier alpha value is -8.92. The van der Waals surface area contributed by atoms with Crippen LogP contribution >= 0.6 is 0 Å². The van der Waals surface area contributed by atoms with E-state index in [0.29, 0.717) is 130 Å². The third kappa shape index (κ3) is 22.5. The van der Waals surface area contributed by atoms with Crippen LogP contribution in [0.3, 0.4) is 0 Å². The largest absolute Gasteiger partial charge is 0.493 e. The van der Waals surface area contributed by atoms with E-state index in [-0.39, 0.29) is 69.5 Å².